The van der Waals surface area contributed by atoms with Crippen LogP contribution in [0.4, 0.5) is 5.13 Å². The van der Waals surface area contributed by atoms with Crippen molar-refractivity contribution in [1.29, 1.82) is 0 Å². The topological polar surface area (TPSA) is 74.3 Å². The highest BCUT2D eigenvalue weighted by molar-refractivity contribution is 7.14. The van der Waals surface area contributed by atoms with E-state index >= 15 is 0 Å². The zero-order valence-electron chi connectivity index (χ0n) is 14.4. The van der Waals surface area contributed by atoms with E-state index in [-0.39, 0.29) is 24.9 Å². The molecule has 0 bridgehead atoms. The highest BCUT2D eigenvalue weighted by Crippen LogP contribution is 2.25. The van der Waals surface area contributed by atoms with Gasteiger partial charge in [0.2, 0.25) is 11.8 Å². The van der Waals surface area contributed by atoms with Crippen molar-refractivity contribution in [3.63, 3.8) is 0 Å². The maximum Gasteiger partial charge on any atom is 0.240 e. The molecular weight excluding hydrogens is 336 g/mol. The van der Waals surface area contributed by atoms with E-state index < -0.39 is 0 Å². The third-order valence-electron chi connectivity index (χ3n) is 3.87. The van der Waals surface area contributed by atoms with Gasteiger partial charge in [-0.1, -0.05) is 29.8 Å². The van der Waals surface area contributed by atoms with Crippen molar-refractivity contribution in [2.75, 3.05) is 25.5 Å². The van der Waals surface area contributed by atoms with Crippen LogP contribution in [-0.4, -0.2) is 47.9 Å². The summed E-state index contributed by atoms with van der Waals surface area (Å²) >= 11 is 1.39. The van der Waals surface area contributed by atoms with Gasteiger partial charge in [0.25, 0.3) is 0 Å². The minimum Gasteiger partial charge on any atom is -0.352 e. The van der Waals surface area contributed by atoms with Crippen molar-refractivity contribution in [3.05, 3.63) is 35.2 Å². The smallest absolute Gasteiger partial charge is 0.240 e. The van der Waals surface area contributed by atoms with Crippen molar-refractivity contribution in [3.8, 4) is 11.3 Å². The number of carbonyl (C=O) groups is 2. The fourth-order valence-corrected chi connectivity index (χ4v) is 3.13. The number of thiazole rings is 1. The van der Waals surface area contributed by atoms with Gasteiger partial charge in [0.05, 0.1) is 18.8 Å². The predicted molar refractivity (Wildman–Crippen MR) is 99.6 cm³/mol. The lowest BCUT2D eigenvalue weighted by atomic mass is 10.1. The standard InChI is InChI=1S/C18H22N4O2S/c1-12-3-5-13(6-4-12)15-11-25-18(20-15)21-17(24)10-22(2)9-16(23)19-14-7-8-14/h3-6,11,14H,7-10H2,1-2H3,(H,19,23)(H,20,21,24). The van der Waals surface area contributed by atoms with E-state index in [1.807, 2.05) is 36.6 Å². The molecule has 0 unspecified atom stereocenters. The van der Waals surface area contributed by atoms with Crippen LogP contribution in [0.5, 0.6) is 0 Å². The van der Waals surface area contributed by atoms with Crippen molar-refractivity contribution < 1.29 is 9.59 Å². The first-order valence-electron chi connectivity index (χ1n) is 8.30. The Bertz CT molecular complexity index is 753. The highest BCUT2D eigenvalue weighted by Gasteiger charge is 2.23. The number of aryl methyl sites for hydroxylation is 1. The van der Waals surface area contributed by atoms with Gasteiger partial charge >= 0.3 is 0 Å². The Labute approximate surface area is 151 Å². The Morgan fingerprint density at radius 3 is 2.56 bits per heavy atom. The van der Waals surface area contributed by atoms with E-state index in [1.165, 1.54) is 16.9 Å². The third kappa shape index (κ3) is 5.37. The minimum atomic E-state index is -0.175. The van der Waals surface area contributed by atoms with E-state index in [2.05, 4.69) is 15.6 Å². The second-order valence-electron chi connectivity index (χ2n) is 6.47. The van der Waals surface area contributed by atoms with Crippen molar-refractivity contribution in [2.24, 2.45) is 0 Å². The third-order valence-corrected chi connectivity index (χ3v) is 4.63. The average molecular weight is 358 g/mol. The van der Waals surface area contributed by atoms with E-state index in [4.69, 9.17) is 0 Å². The number of amides is 2. The minimum absolute atomic E-state index is 0.0336. The van der Waals surface area contributed by atoms with Gasteiger partial charge in [0.1, 0.15) is 0 Å². The van der Waals surface area contributed by atoms with E-state index in [1.54, 1.807) is 11.9 Å². The van der Waals surface area contributed by atoms with Crippen molar-refractivity contribution in [1.82, 2.24) is 15.2 Å². The van der Waals surface area contributed by atoms with E-state index in [0.29, 0.717) is 11.2 Å². The summed E-state index contributed by atoms with van der Waals surface area (Å²) in [5, 5.41) is 8.20. The van der Waals surface area contributed by atoms with Crippen LogP contribution in [0.3, 0.4) is 0 Å². The molecule has 1 fully saturated rings. The summed E-state index contributed by atoms with van der Waals surface area (Å²) in [5.41, 5.74) is 3.06. The molecule has 1 heterocycles. The van der Waals surface area contributed by atoms with Crippen LogP contribution in [-0.2, 0) is 9.59 Å². The number of anilines is 1. The summed E-state index contributed by atoms with van der Waals surface area (Å²) in [4.78, 5) is 30.0. The van der Waals surface area contributed by atoms with E-state index in [9.17, 15) is 9.59 Å². The van der Waals surface area contributed by atoms with Gasteiger partial charge < -0.3 is 10.6 Å². The molecule has 2 N–H and O–H groups in total. The van der Waals surface area contributed by atoms with Crippen LogP contribution in [0.2, 0.25) is 0 Å². The Hall–Kier alpha value is -2.25. The number of rotatable bonds is 7. The molecule has 0 aliphatic heterocycles. The molecule has 1 saturated carbocycles. The van der Waals surface area contributed by atoms with Gasteiger partial charge in [-0.15, -0.1) is 11.3 Å². The second-order valence-corrected chi connectivity index (χ2v) is 7.32. The van der Waals surface area contributed by atoms with Crippen LogP contribution < -0.4 is 10.6 Å². The molecule has 0 atom stereocenters. The summed E-state index contributed by atoms with van der Waals surface area (Å²) in [6, 6.07) is 8.44. The molecule has 0 saturated heterocycles. The van der Waals surface area contributed by atoms with Crippen LogP contribution in [0, 0.1) is 6.92 Å². The molecule has 6 nitrogen and oxygen atoms in total. The fourth-order valence-electron chi connectivity index (χ4n) is 2.39. The molecule has 1 aromatic carbocycles. The zero-order valence-corrected chi connectivity index (χ0v) is 15.2. The quantitative estimate of drug-likeness (QED) is 0.796. The molecule has 132 valence electrons. The fraction of sp³-hybridized carbons (Fsp3) is 0.389. The van der Waals surface area contributed by atoms with Gasteiger partial charge in [-0.25, -0.2) is 4.98 Å². The first kappa shape index (κ1) is 17.6. The van der Waals surface area contributed by atoms with Crippen molar-refractivity contribution in [2.45, 2.75) is 25.8 Å². The van der Waals surface area contributed by atoms with Crippen LogP contribution in [0.15, 0.2) is 29.6 Å². The molecule has 1 aliphatic rings. The number of nitrogens with one attached hydrogen (secondary N) is 2. The summed E-state index contributed by atoms with van der Waals surface area (Å²) in [6.07, 6.45) is 2.12. The number of benzene rings is 1. The van der Waals surface area contributed by atoms with Gasteiger partial charge in [0, 0.05) is 17.0 Å². The Balaban J connectivity index is 1.49. The number of aromatic nitrogens is 1. The summed E-state index contributed by atoms with van der Waals surface area (Å²) in [5.74, 6) is -0.208. The van der Waals surface area contributed by atoms with Crippen LogP contribution in [0.25, 0.3) is 11.3 Å². The maximum atomic E-state index is 12.1. The zero-order chi connectivity index (χ0) is 17.8. The number of hydrogen-bond acceptors (Lipinski definition) is 5. The average Bonchev–Trinajstić information content (AvgIpc) is 3.23. The van der Waals surface area contributed by atoms with Gasteiger partial charge in [-0.05, 0) is 26.8 Å². The molecule has 0 radical (unpaired) electrons. The van der Waals surface area contributed by atoms with Gasteiger partial charge in [-0.2, -0.15) is 0 Å². The largest absolute Gasteiger partial charge is 0.352 e. The Morgan fingerprint density at radius 1 is 1.20 bits per heavy atom. The Morgan fingerprint density at radius 2 is 1.88 bits per heavy atom. The molecule has 7 heteroatoms. The Kier molecular flexibility index (Phi) is 5.45. The summed E-state index contributed by atoms with van der Waals surface area (Å²) in [6.45, 7) is 2.41. The van der Waals surface area contributed by atoms with Crippen molar-refractivity contribution >= 4 is 28.3 Å². The first-order chi connectivity index (χ1) is 12.0. The number of hydrogen-bond donors (Lipinski definition) is 2. The molecule has 0 spiro atoms. The van der Waals surface area contributed by atoms with E-state index in [0.717, 1.165) is 24.1 Å². The molecule has 1 aromatic heterocycles. The lowest BCUT2D eigenvalue weighted by Gasteiger charge is -2.15. The van der Waals surface area contributed by atoms with Gasteiger partial charge in [0.15, 0.2) is 5.13 Å². The molecule has 2 amide bonds. The number of nitrogens with zero attached hydrogens (tertiary/aromatic N) is 2. The number of carbonyl (C=O) groups excluding carboxylic acids is 2. The van der Waals surface area contributed by atoms with Gasteiger partial charge in [-0.3, -0.25) is 14.5 Å². The molecule has 3 rings (SSSR count). The molecule has 2 aromatic rings. The lowest BCUT2D eigenvalue weighted by Crippen LogP contribution is -2.39. The number of likely N-dealkylation sites (N-methyl/N-ethyl adjacent to an activating group) is 1. The maximum absolute atomic E-state index is 12.1. The molecule has 25 heavy (non-hydrogen) atoms. The normalized spacial score (nSPS) is 13.7. The first-order valence-corrected chi connectivity index (χ1v) is 9.18. The summed E-state index contributed by atoms with van der Waals surface area (Å²) < 4.78 is 0. The SMILES string of the molecule is Cc1ccc(-c2csc(NC(=O)CN(C)CC(=O)NC3CC3)n2)cc1. The second kappa shape index (κ2) is 7.76. The molecular formula is C18H22N4O2S. The lowest BCUT2D eigenvalue weighted by molar-refractivity contribution is -0.123. The summed E-state index contributed by atoms with van der Waals surface area (Å²) in [7, 11) is 1.76. The van der Waals surface area contributed by atoms with Crippen LogP contribution >= 0.6 is 11.3 Å². The van der Waals surface area contributed by atoms with Crippen LogP contribution in [0.1, 0.15) is 18.4 Å². The highest BCUT2D eigenvalue weighted by atomic mass is 32.1. The molecule has 1 aliphatic carbocycles. The predicted octanol–water partition coefficient (Wildman–Crippen LogP) is 2.27. The monoisotopic (exact) mass is 358 g/mol.